The van der Waals surface area contributed by atoms with Crippen LogP contribution >= 0.6 is 11.8 Å². The summed E-state index contributed by atoms with van der Waals surface area (Å²) in [6.07, 6.45) is 0. The minimum absolute atomic E-state index is 0.0873. The topological polar surface area (TPSA) is 96.4 Å². The maximum absolute atomic E-state index is 5.47. The molecule has 1 atom stereocenters. The number of para-hydroxylation sites is 1. The third kappa shape index (κ3) is 3.46. The Bertz CT molecular complexity index is 1080. The first-order chi connectivity index (χ1) is 13.7. The quantitative estimate of drug-likeness (QED) is 0.461. The van der Waals surface area contributed by atoms with Gasteiger partial charge in [0.05, 0.1) is 18.0 Å². The predicted molar refractivity (Wildman–Crippen MR) is 104 cm³/mol. The zero-order chi connectivity index (χ0) is 19.5. The summed E-state index contributed by atoms with van der Waals surface area (Å²) in [5.74, 6) is 1.41. The molecule has 142 valence electrons. The van der Waals surface area contributed by atoms with Crippen molar-refractivity contribution in [2.24, 2.45) is 0 Å². The number of hydrogen-bond donors (Lipinski definition) is 0. The number of hydrogen-bond acceptors (Lipinski definition) is 8. The highest BCUT2D eigenvalue weighted by Crippen LogP contribution is 2.35. The Morgan fingerprint density at radius 3 is 2.50 bits per heavy atom. The van der Waals surface area contributed by atoms with E-state index < -0.39 is 0 Å². The summed E-state index contributed by atoms with van der Waals surface area (Å²) in [6, 6.07) is 15.6. The van der Waals surface area contributed by atoms with E-state index in [1.807, 2.05) is 62.4 Å². The summed E-state index contributed by atoms with van der Waals surface area (Å²) >= 11 is 1.47. The second-order valence-corrected chi connectivity index (χ2v) is 7.40. The molecule has 0 saturated heterocycles. The molecule has 0 saturated carbocycles. The third-order valence-corrected chi connectivity index (χ3v) is 5.17. The number of benzene rings is 2. The number of aromatic nitrogens is 8. The molecule has 0 amide bonds. The largest absolute Gasteiger partial charge is 0.494 e. The number of nitrogens with zero attached hydrogens (tertiary/aromatic N) is 8. The molecule has 4 aromatic rings. The lowest BCUT2D eigenvalue weighted by Gasteiger charge is -2.13. The van der Waals surface area contributed by atoms with E-state index in [-0.39, 0.29) is 5.25 Å². The SMILES string of the molecule is COc1ccc(C)cc1-n1nnnc1S[C@H](C)c1nnnn1-c1ccccc1. The molecule has 2 heterocycles. The summed E-state index contributed by atoms with van der Waals surface area (Å²) < 4.78 is 8.86. The van der Waals surface area contributed by atoms with Crippen LogP contribution in [-0.2, 0) is 0 Å². The van der Waals surface area contributed by atoms with Crippen molar-refractivity contribution in [1.82, 2.24) is 40.4 Å². The molecule has 9 nitrogen and oxygen atoms in total. The fourth-order valence-corrected chi connectivity index (χ4v) is 3.67. The maximum Gasteiger partial charge on any atom is 0.214 e. The summed E-state index contributed by atoms with van der Waals surface area (Å²) in [6.45, 7) is 4.03. The van der Waals surface area contributed by atoms with Gasteiger partial charge in [-0.2, -0.15) is 9.36 Å². The van der Waals surface area contributed by atoms with Crippen LogP contribution in [0.3, 0.4) is 0 Å². The Morgan fingerprint density at radius 1 is 0.964 bits per heavy atom. The van der Waals surface area contributed by atoms with Crippen molar-refractivity contribution in [2.75, 3.05) is 7.11 Å². The van der Waals surface area contributed by atoms with Crippen LogP contribution in [0, 0.1) is 6.92 Å². The van der Waals surface area contributed by atoms with Gasteiger partial charge in [-0.3, -0.25) is 0 Å². The van der Waals surface area contributed by atoms with Gasteiger partial charge in [-0.05, 0) is 64.5 Å². The van der Waals surface area contributed by atoms with E-state index in [2.05, 4.69) is 31.1 Å². The van der Waals surface area contributed by atoms with E-state index in [9.17, 15) is 0 Å². The Kier molecular flexibility index (Phi) is 5.02. The smallest absolute Gasteiger partial charge is 0.214 e. The zero-order valence-electron chi connectivity index (χ0n) is 15.6. The molecule has 0 aliphatic heterocycles. The van der Waals surface area contributed by atoms with E-state index >= 15 is 0 Å². The Labute approximate surface area is 165 Å². The molecular weight excluding hydrogens is 376 g/mol. The molecule has 0 aliphatic carbocycles. The normalized spacial score (nSPS) is 12.1. The van der Waals surface area contributed by atoms with Gasteiger partial charge in [0, 0.05) is 0 Å². The molecule has 0 N–H and O–H groups in total. The Hall–Kier alpha value is -3.27. The second-order valence-electron chi connectivity index (χ2n) is 6.09. The van der Waals surface area contributed by atoms with Gasteiger partial charge >= 0.3 is 0 Å². The van der Waals surface area contributed by atoms with Crippen molar-refractivity contribution >= 4 is 11.8 Å². The van der Waals surface area contributed by atoms with Crippen LogP contribution < -0.4 is 4.74 Å². The maximum atomic E-state index is 5.47. The molecule has 0 fully saturated rings. The van der Waals surface area contributed by atoms with Gasteiger partial charge in [0.2, 0.25) is 5.16 Å². The first-order valence-electron chi connectivity index (χ1n) is 8.61. The molecular formula is C18H18N8OS. The van der Waals surface area contributed by atoms with E-state index in [1.165, 1.54) is 11.8 Å². The lowest BCUT2D eigenvalue weighted by Crippen LogP contribution is -2.07. The highest BCUT2D eigenvalue weighted by Gasteiger charge is 2.22. The Morgan fingerprint density at radius 2 is 1.71 bits per heavy atom. The lowest BCUT2D eigenvalue weighted by molar-refractivity contribution is 0.410. The fourth-order valence-electron chi connectivity index (χ4n) is 2.78. The molecule has 0 bridgehead atoms. The van der Waals surface area contributed by atoms with Crippen molar-refractivity contribution in [2.45, 2.75) is 24.3 Å². The molecule has 0 aliphatic rings. The number of aryl methyl sites for hydroxylation is 1. The molecule has 4 rings (SSSR count). The van der Waals surface area contributed by atoms with Crippen LogP contribution in [0.4, 0.5) is 0 Å². The molecule has 0 spiro atoms. The first-order valence-corrected chi connectivity index (χ1v) is 9.49. The summed E-state index contributed by atoms with van der Waals surface area (Å²) in [7, 11) is 1.63. The van der Waals surface area contributed by atoms with E-state index in [0.717, 1.165) is 16.9 Å². The van der Waals surface area contributed by atoms with Crippen molar-refractivity contribution in [3.05, 3.63) is 59.9 Å². The summed E-state index contributed by atoms with van der Waals surface area (Å²) in [5.41, 5.74) is 2.77. The summed E-state index contributed by atoms with van der Waals surface area (Å²) in [4.78, 5) is 0. The number of ether oxygens (including phenoxy) is 1. The van der Waals surface area contributed by atoms with Gasteiger partial charge in [-0.15, -0.1) is 10.2 Å². The van der Waals surface area contributed by atoms with Gasteiger partial charge in [0.1, 0.15) is 11.4 Å². The van der Waals surface area contributed by atoms with Gasteiger partial charge in [-0.1, -0.05) is 36.0 Å². The molecule has 0 unspecified atom stereocenters. The van der Waals surface area contributed by atoms with Gasteiger partial charge in [-0.25, -0.2) is 0 Å². The van der Waals surface area contributed by atoms with E-state index in [1.54, 1.807) is 16.5 Å². The zero-order valence-corrected chi connectivity index (χ0v) is 16.4. The third-order valence-electron chi connectivity index (χ3n) is 4.14. The molecule has 28 heavy (non-hydrogen) atoms. The lowest BCUT2D eigenvalue weighted by atomic mass is 10.2. The van der Waals surface area contributed by atoms with Crippen LogP contribution in [0.5, 0.6) is 5.75 Å². The van der Waals surface area contributed by atoms with Crippen LogP contribution in [0.25, 0.3) is 11.4 Å². The number of tetrazole rings is 2. The number of rotatable bonds is 6. The highest BCUT2D eigenvalue weighted by atomic mass is 32.2. The predicted octanol–water partition coefficient (Wildman–Crippen LogP) is 2.81. The van der Waals surface area contributed by atoms with Crippen LogP contribution in [0.2, 0.25) is 0 Å². The van der Waals surface area contributed by atoms with Crippen molar-refractivity contribution in [1.29, 1.82) is 0 Å². The van der Waals surface area contributed by atoms with Gasteiger partial charge in [0.15, 0.2) is 5.82 Å². The second kappa shape index (κ2) is 7.77. The van der Waals surface area contributed by atoms with E-state index in [4.69, 9.17) is 4.74 Å². The van der Waals surface area contributed by atoms with Crippen LogP contribution in [0.15, 0.2) is 53.7 Å². The van der Waals surface area contributed by atoms with Gasteiger partial charge in [0.25, 0.3) is 0 Å². The standard InChI is InChI=1S/C18H18N8OS/c1-12-9-10-16(27-3)15(11-12)26-18(20-22-24-26)28-13(2)17-19-21-23-25(17)14-7-5-4-6-8-14/h4-11,13H,1-3H3/t13-/m1/s1. The minimum atomic E-state index is -0.0873. The fraction of sp³-hybridized carbons (Fsp3) is 0.222. The molecule has 2 aromatic heterocycles. The van der Waals surface area contributed by atoms with Crippen LogP contribution in [0.1, 0.15) is 23.6 Å². The van der Waals surface area contributed by atoms with Crippen molar-refractivity contribution < 1.29 is 4.74 Å². The van der Waals surface area contributed by atoms with Crippen molar-refractivity contribution in [3.63, 3.8) is 0 Å². The van der Waals surface area contributed by atoms with E-state index in [0.29, 0.717) is 16.7 Å². The molecule has 10 heteroatoms. The monoisotopic (exact) mass is 394 g/mol. The van der Waals surface area contributed by atoms with Crippen LogP contribution in [-0.4, -0.2) is 47.5 Å². The minimum Gasteiger partial charge on any atom is -0.494 e. The Balaban J connectivity index is 1.65. The number of methoxy groups -OCH3 is 1. The average molecular weight is 394 g/mol. The number of thioether (sulfide) groups is 1. The molecule has 2 aromatic carbocycles. The molecule has 0 radical (unpaired) electrons. The summed E-state index contributed by atoms with van der Waals surface area (Å²) in [5, 5.41) is 24.9. The highest BCUT2D eigenvalue weighted by molar-refractivity contribution is 7.99. The first kappa shape index (κ1) is 18.1. The average Bonchev–Trinajstić information content (AvgIpc) is 3.38. The van der Waals surface area contributed by atoms with Gasteiger partial charge < -0.3 is 4.74 Å². The van der Waals surface area contributed by atoms with Crippen molar-refractivity contribution in [3.8, 4) is 17.1 Å².